The summed E-state index contributed by atoms with van der Waals surface area (Å²) >= 11 is 1.65. The Morgan fingerprint density at radius 2 is 2.18 bits per heavy atom. The maximum atomic E-state index is 12.0. The third-order valence-corrected chi connectivity index (χ3v) is 3.84. The Bertz CT molecular complexity index is 298. The highest BCUT2D eigenvalue weighted by molar-refractivity contribution is 7.98. The predicted octanol–water partition coefficient (Wildman–Crippen LogP) is 0.246. The van der Waals surface area contributed by atoms with Crippen LogP contribution in [-0.4, -0.2) is 53.0 Å². The number of aliphatic carboxylic acids is 1. The SMILES string of the molecule is CSCC[C@@H](N)C(=O)N1C[C@@H](C)[C@H](C(=O)O)C1. The lowest BCUT2D eigenvalue weighted by molar-refractivity contribution is -0.142. The van der Waals surface area contributed by atoms with Gasteiger partial charge in [0.25, 0.3) is 0 Å². The van der Waals surface area contributed by atoms with E-state index in [1.54, 1.807) is 16.7 Å². The van der Waals surface area contributed by atoms with Crippen LogP contribution in [0.15, 0.2) is 0 Å². The summed E-state index contributed by atoms with van der Waals surface area (Å²) in [6.07, 6.45) is 2.61. The van der Waals surface area contributed by atoms with Crippen LogP contribution in [0.5, 0.6) is 0 Å². The van der Waals surface area contributed by atoms with Crippen molar-refractivity contribution in [3.8, 4) is 0 Å². The van der Waals surface area contributed by atoms with Crippen LogP contribution in [0, 0.1) is 11.8 Å². The molecule has 0 saturated carbocycles. The van der Waals surface area contributed by atoms with Gasteiger partial charge in [0, 0.05) is 13.1 Å². The quantitative estimate of drug-likeness (QED) is 0.740. The zero-order valence-corrected chi connectivity index (χ0v) is 11.1. The molecule has 1 rings (SSSR count). The van der Waals surface area contributed by atoms with Crippen LogP contribution in [0.1, 0.15) is 13.3 Å². The van der Waals surface area contributed by atoms with Gasteiger partial charge in [-0.05, 0) is 24.3 Å². The smallest absolute Gasteiger partial charge is 0.308 e. The van der Waals surface area contributed by atoms with Gasteiger partial charge >= 0.3 is 5.97 Å². The van der Waals surface area contributed by atoms with Crippen LogP contribution >= 0.6 is 11.8 Å². The number of amides is 1. The Kier molecular flexibility index (Phi) is 5.27. The summed E-state index contributed by atoms with van der Waals surface area (Å²) in [5.74, 6) is -0.547. The van der Waals surface area contributed by atoms with E-state index in [0.717, 1.165) is 5.75 Å². The van der Waals surface area contributed by atoms with Gasteiger partial charge in [-0.2, -0.15) is 11.8 Å². The Balaban J connectivity index is 2.52. The molecule has 0 aromatic heterocycles. The number of carboxylic acids is 1. The minimum Gasteiger partial charge on any atom is -0.481 e. The lowest BCUT2D eigenvalue weighted by Gasteiger charge is -2.20. The summed E-state index contributed by atoms with van der Waals surface area (Å²) in [5.41, 5.74) is 5.80. The first-order valence-corrected chi connectivity index (χ1v) is 7.12. The first-order chi connectivity index (χ1) is 7.97. The minimum absolute atomic E-state index is 0.00389. The summed E-state index contributed by atoms with van der Waals surface area (Å²) in [7, 11) is 0. The van der Waals surface area contributed by atoms with Crippen molar-refractivity contribution in [1.29, 1.82) is 0 Å². The highest BCUT2D eigenvalue weighted by Crippen LogP contribution is 2.23. The molecule has 0 spiro atoms. The summed E-state index contributed by atoms with van der Waals surface area (Å²) in [4.78, 5) is 24.5. The number of thioether (sulfide) groups is 1. The topological polar surface area (TPSA) is 83.6 Å². The van der Waals surface area contributed by atoms with Crippen molar-refractivity contribution in [1.82, 2.24) is 4.90 Å². The summed E-state index contributed by atoms with van der Waals surface area (Å²) in [6.45, 7) is 2.66. The van der Waals surface area contributed by atoms with Crippen molar-refractivity contribution in [3.63, 3.8) is 0 Å². The average Bonchev–Trinajstić information content (AvgIpc) is 2.67. The first-order valence-electron chi connectivity index (χ1n) is 5.73. The first kappa shape index (κ1) is 14.3. The van der Waals surface area contributed by atoms with Gasteiger partial charge in [-0.15, -0.1) is 0 Å². The maximum absolute atomic E-state index is 12.0. The lowest BCUT2D eigenvalue weighted by atomic mass is 9.99. The van der Waals surface area contributed by atoms with Crippen LogP contribution in [0.25, 0.3) is 0 Å². The van der Waals surface area contributed by atoms with E-state index >= 15 is 0 Å². The van der Waals surface area contributed by atoms with E-state index in [2.05, 4.69) is 0 Å². The standard InChI is InChI=1S/C11H20N2O3S/c1-7-5-13(6-8(7)11(15)16)10(14)9(12)3-4-17-2/h7-9H,3-6,12H2,1-2H3,(H,15,16)/t7-,8-,9-/m1/s1. The molecule has 0 aromatic carbocycles. The maximum Gasteiger partial charge on any atom is 0.308 e. The fourth-order valence-corrected chi connectivity index (χ4v) is 2.56. The van der Waals surface area contributed by atoms with Crippen LogP contribution in [0.2, 0.25) is 0 Å². The number of rotatable bonds is 5. The van der Waals surface area contributed by atoms with Gasteiger partial charge in [-0.3, -0.25) is 9.59 Å². The molecule has 1 aliphatic heterocycles. The molecule has 5 nitrogen and oxygen atoms in total. The zero-order chi connectivity index (χ0) is 13.0. The normalized spacial score (nSPS) is 25.9. The summed E-state index contributed by atoms with van der Waals surface area (Å²) in [6, 6.07) is -0.498. The molecule has 1 aliphatic rings. The molecular weight excluding hydrogens is 240 g/mol. The van der Waals surface area contributed by atoms with E-state index in [1.807, 2.05) is 13.2 Å². The Morgan fingerprint density at radius 1 is 1.53 bits per heavy atom. The van der Waals surface area contributed by atoms with Gasteiger partial charge in [0.05, 0.1) is 12.0 Å². The van der Waals surface area contributed by atoms with E-state index in [-0.39, 0.29) is 11.8 Å². The second-order valence-corrected chi connectivity index (χ2v) is 5.54. The minimum atomic E-state index is -0.828. The van der Waals surface area contributed by atoms with Gasteiger partial charge in [-0.25, -0.2) is 0 Å². The van der Waals surface area contributed by atoms with Gasteiger partial charge in [0.15, 0.2) is 0 Å². The molecule has 3 N–H and O–H groups in total. The fourth-order valence-electron chi connectivity index (χ4n) is 2.07. The fraction of sp³-hybridized carbons (Fsp3) is 0.818. The number of nitrogens with zero attached hydrogens (tertiary/aromatic N) is 1. The molecule has 0 aromatic rings. The Hall–Kier alpha value is -0.750. The van der Waals surface area contributed by atoms with Crippen molar-refractivity contribution in [2.24, 2.45) is 17.6 Å². The number of hydrogen-bond donors (Lipinski definition) is 2. The van der Waals surface area contributed by atoms with E-state index < -0.39 is 17.9 Å². The number of carbonyl (C=O) groups excluding carboxylic acids is 1. The molecule has 1 heterocycles. The third-order valence-electron chi connectivity index (χ3n) is 3.19. The van der Waals surface area contributed by atoms with Crippen molar-refractivity contribution in [2.75, 3.05) is 25.1 Å². The highest BCUT2D eigenvalue weighted by Gasteiger charge is 2.37. The second-order valence-electron chi connectivity index (χ2n) is 4.55. The summed E-state index contributed by atoms with van der Waals surface area (Å²) < 4.78 is 0. The lowest BCUT2D eigenvalue weighted by Crippen LogP contribution is -2.43. The van der Waals surface area contributed by atoms with Gasteiger partial charge in [0.2, 0.25) is 5.91 Å². The number of hydrogen-bond acceptors (Lipinski definition) is 4. The summed E-state index contributed by atoms with van der Waals surface area (Å²) in [5, 5.41) is 8.99. The second kappa shape index (κ2) is 6.26. The van der Waals surface area contributed by atoms with Crippen LogP contribution < -0.4 is 5.73 Å². The van der Waals surface area contributed by atoms with Crippen LogP contribution in [-0.2, 0) is 9.59 Å². The third kappa shape index (κ3) is 3.61. The van der Waals surface area contributed by atoms with Gasteiger partial charge < -0.3 is 15.7 Å². The van der Waals surface area contributed by atoms with Crippen molar-refractivity contribution in [2.45, 2.75) is 19.4 Å². The van der Waals surface area contributed by atoms with E-state index in [4.69, 9.17) is 10.8 Å². The molecule has 1 fully saturated rings. The molecule has 17 heavy (non-hydrogen) atoms. The van der Waals surface area contributed by atoms with E-state index in [9.17, 15) is 9.59 Å². The van der Waals surface area contributed by atoms with E-state index in [0.29, 0.717) is 19.5 Å². The molecule has 1 saturated heterocycles. The van der Waals surface area contributed by atoms with Crippen molar-refractivity contribution >= 4 is 23.6 Å². The molecule has 3 atom stereocenters. The molecule has 6 heteroatoms. The average molecular weight is 260 g/mol. The van der Waals surface area contributed by atoms with Crippen molar-refractivity contribution in [3.05, 3.63) is 0 Å². The van der Waals surface area contributed by atoms with Crippen molar-refractivity contribution < 1.29 is 14.7 Å². The number of carbonyl (C=O) groups is 2. The predicted molar refractivity (Wildman–Crippen MR) is 67.8 cm³/mol. The molecule has 0 unspecified atom stereocenters. The number of nitrogens with two attached hydrogens (primary N) is 1. The number of likely N-dealkylation sites (tertiary alicyclic amines) is 1. The molecule has 0 bridgehead atoms. The van der Waals surface area contributed by atoms with Crippen LogP contribution in [0.3, 0.4) is 0 Å². The van der Waals surface area contributed by atoms with Gasteiger partial charge in [-0.1, -0.05) is 6.92 Å². The molecular formula is C11H20N2O3S. The Labute approximate surface area is 106 Å². The molecule has 0 aliphatic carbocycles. The Morgan fingerprint density at radius 3 is 2.65 bits per heavy atom. The van der Waals surface area contributed by atoms with E-state index in [1.165, 1.54) is 0 Å². The monoisotopic (exact) mass is 260 g/mol. The van der Waals surface area contributed by atoms with Gasteiger partial charge in [0.1, 0.15) is 0 Å². The molecule has 98 valence electrons. The number of carboxylic acid groups (broad SMARTS) is 1. The molecule has 0 radical (unpaired) electrons. The molecule has 1 amide bonds. The highest BCUT2D eigenvalue weighted by atomic mass is 32.2. The van der Waals surface area contributed by atoms with Crippen LogP contribution in [0.4, 0.5) is 0 Å². The zero-order valence-electron chi connectivity index (χ0n) is 10.3. The largest absolute Gasteiger partial charge is 0.481 e.